The summed E-state index contributed by atoms with van der Waals surface area (Å²) in [6.45, 7) is 6.22. The molecule has 0 radical (unpaired) electrons. The largest absolute Gasteiger partial charge is 0.347 e. The minimum atomic E-state index is 0.197. The summed E-state index contributed by atoms with van der Waals surface area (Å²) in [6.07, 6.45) is 9.54. The number of aryl methyl sites for hydroxylation is 1. The maximum Gasteiger partial charge on any atom is 0.123 e. The Hall–Kier alpha value is -1.62. The Morgan fingerprint density at radius 2 is 2.22 bits per heavy atom. The molecule has 0 saturated heterocycles. The average Bonchev–Trinajstić information content (AvgIpc) is 3.01. The summed E-state index contributed by atoms with van der Waals surface area (Å²) in [5, 5.41) is 3.45. The van der Waals surface area contributed by atoms with Crippen molar-refractivity contribution in [2.45, 2.75) is 39.3 Å². The third-order valence-electron chi connectivity index (χ3n) is 2.95. The van der Waals surface area contributed by atoms with Crippen LogP contribution in [0.2, 0.25) is 0 Å². The maximum atomic E-state index is 4.45. The lowest BCUT2D eigenvalue weighted by Crippen LogP contribution is -2.25. The second-order valence-electron chi connectivity index (χ2n) is 4.33. The highest BCUT2D eigenvalue weighted by Crippen LogP contribution is 2.14. The van der Waals surface area contributed by atoms with E-state index in [9.17, 15) is 0 Å². The smallest absolute Gasteiger partial charge is 0.123 e. The summed E-state index contributed by atoms with van der Waals surface area (Å²) in [5.41, 5.74) is 0. The second-order valence-corrected chi connectivity index (χ2v) is 4.33. The van der Waals surface area contributed by atoms with Crippen molar-refractivity contribution in [3.05, 3.63) is 36.4 Å². The molecule has 0 spiro atoms. The Labute approximate surface area is 108 Å². The number of likely N-dealkylation sites (N-methyl/N-ethyl adjacent to an activating group) is 1. The van der Waals surface area contributed by atoms with Crippen molar-refractivity contribution in [2.24, 2.45) is 0 Å². The third-order valence-corrected chi connectivity index (χ3v) is 2.95. The van der Waals surface area contributed by atoms with Crippen molar-refractivity contribution < 1.29 is 0 Å². The van der Waals surface area contributed by atoms with Crippen LogP contribution >= 0.6 is 0 Å². The second kappa shape index (κ2) is 6.35. The quantitative estimate of drug-likeness (QED) is 0.785. The van der Waals surface area contributed by atoms with Crippen molar-refractivity contribution >= 4 is 0 Å². The van der Waals surface area contributed by atoms with Gasteiger partial charge in [-0.1, -0.05) is 13.8 Å². The molecule has 0 aliphatic carbocycles. The van der Waals surface area contributed by atoms with Gasteiger partial charge in [-0.15, -0.1) is 0 Å². The Morgan fingerprint density at radius 1 is 1.33 bits per heavy atom. The number of nitrogens with zero attached hydrogens (tertiary/aromatic N) is 3. The summed E-state index contributed by atoms with van der Waals surface area (Å²) in [6, 6.07) is 0.197. The first kappa shape index (κ1) is 12.8. The van der Waals surface area contributed by atoms with Gasteiger partial charge in [0.05, 0.1) is 6.04 Å². The van der Waals surface area contributed by atoms with Crippen LogP contribution < -0.4 is 5.32 Å². The molecule has 0 aliphatic heterocycles. The van der Waals surface area contributed by atoms with Crippen molar-refractivity contribution in [3.63, 3.8) is 0 Å². The molecule has 1 unspecified atom stereocenters. The van der Waals surface area contributed by atoms with E-state index in [-0.39, 0.29) is 6.04 Å². The van der Waals surface area contributed by atoms with Gasteiger partial charge in [0.2, 0.25) is 0 Å². The van der Waals surface area contributed by atoms with Crippen LogP contribution in [0.15, 0.2) is 24.8 Å². The van der Waals surface area contributed by atoms with Crippen LogP contribution in [-0.4, -0.2) is 26.1 Å². The van der Waals surface area contributed by atoms with Crippen LogP contribution in [0.5, 0.6) is 0 Å². The molecule has 0 aromatic carbocycles. The topological polar surface area (TPSA) is 58.5 Å². The fourth-order valence-electron chi connectivity index (χ4n) is 2.14. The van der Waals surface area contributed by atoms with Crippen LogP contribution in [0.25, 0.3) is 0 Å². The van der Waals surface area contributed by atoms with E-state index in [1.165, 1.54) is 0 Å². The fraction of sp³-hybridized carbons (Fsp3) is 0.538. The molecule has 5 nitrogen and oxygen atoms in total. The highest BCUT2D eigenvalue weighted by Gasteiger charge is 2.16. The molecule has 2 heterocycles. The molecule has 2 rings (SSSR count). The van der Waals surface area contributed by atoms with Gasteiger partial charge in [-0.3, -0.25) is 0 Å². The molecular formula is C13H21N5. The Balaban J connectivity index is 2.11. The maximum absolute atomic E-state index is 4.45. The minimum Gasteiger partial charge on any atom is -0.347 e. The molecule has 0 saturated carbocycles. The summed E-state index contributed by atoms with van der Waals surface area (Å²) < 4.78 is 2.22. The molecule has 0 aliphatic rings. The average molecular weight is 247 g/mol. The van der Waals surface area contributed by atoms with Crippen LogP contribution in [0, 0.1) is 0 Å². The Kier molecular flexibility index (Phi) is 4.52. The van der Waals surface area contributed by atoms with Crippen LogP contribution in [-0.2, 0) is 13.0 Å². The standard InChI is InChI=1S/C13H21N5/c1-3-8-18-9-7-15-12(18)10-11(14-4-2)13-16-5-6-17-13/h5-7,9,11,14H,3-4,8,10H2,1-2H3,(H,16,17). The molecule has 2 aromatic heterocycles. The van der Waals surface area contributed by atoms with E-state index in [1.54, 1.807) is 6.20 Å². The Bertz CT molecular complexity index is 446. The predicted octanol–water partition coefficient (Wildman–Crippen LogP) is 1.91. The van der Waals surface area contributed by atoms with Crippen LogP contribution in [0.1, 0.15) is 38.0 Å². The molecule has 1 atom stereocenters. The number of hydrogen-bond acceptors (Lipinski definition) is 3. The van der Waals surface area contributed by atoms with E-state index < -0.39 is 0 Å². The number of hydrogen-bond donors (Lipinski definition) is 2. The van der Waals surface area contributed by atoms with Crippen LogP contribution in [0.3, 0.4) is 0 Å². The summed E-state index contributed by atoms with van der Waals surface area (Å²) in [7, 11) is 0. The van der Waals surface area contributed by atoms with Crippen molar-refractivity contribution in [3.8, 4) is 0 Å². The number of rotatable bonds is 7. The normalized spacial score (nSPS) is 12.8. The third kappa shape index (κ3) is 2.98. The Morgan fingerprint density at radius 3 is 2.89 bits per heavy atom. The molecule has 98 valence electrons. The van der Waals surface area contributed by atoms with Gasteiger partial charge in [0, 0.05) is 37.8 Å². The van der Waals surface area contributed by atoms with Gasteiger partial charge in [-0.2, -0.15) is 0 Å². The van der Waals surface area contributed by atoms with E-state index in [0.29, 0.717) is 0 Å². The van der Waals surface area contributed by atoms with Crippen molar-refractivity contribution in [1.29, 1.82) is 0 Å². The van der Waals surface area contributed by atoms with E-state index >= 15 is 0 Å². The molecule has 0 fully saturated rings. The first-order valence-electron chi connectivity index (χ1n) is 6.57. The molecular weight excluding hydrogens is 226 g/mol. The predicted molar refractivity (Wildman–Crippen MR) is 71.2 cm³/mol. The zero-order valence-electron chi connectivity index (χ0n) is 11.1. The van der Waals surface area contributed by atoms with Gasteiger partial charge < -0.3 is 14.9 Å². The zero-order chi connectivity index (χ0) is 12.8. The van der Waals surface area contributed by atoms with Gasteiger partial charge in [0.1, 0.15) is 11.6 Å². The molecule has 0 bridgehead atoms. The fourth-order valence-corrected chi connectivity index (χ4v) is 2.14. The van der Waals surface area contributed by atoms with Crippen molar-refractivity contribution in [1.82, 2.24) is 24.8 Å². The van der Waals surface area contributed by atoms with Gasteiger partial charge >= 0.3 is 0 Å². The monoisotopic (exact) mass is 247 g/mol. The highest BCUT2D eigenvalue weighted by molar-refractivity contribution is 5.03. The highest BCUT2D eigenvalue weighted by atomic mass is 15.1. The minimum absolute atomic E-state index is 0.197. The lowest BCUT2D eigenvalue weighted by molar-refractivity contribution is 0.498. The van der Waals surface area contributed by atoms with E-state index in [0.717, 1.165) is 37.6 Å². The molecule has 18 heavy (non-hydrogen) atoms. The molecule has 2 aromatic rings. The number of imidazole rings is 2. The lowest BCUT2D eigenvalue weighted by atomic mass is 10.2. The van der Waals surface area contributed by atoms with Gasteiger partial charge in [0.25, 0.3) is 0 Å². The first-order valence-corrected chi connectivity index (χ1v) is 6.57. The van der Waals surface area contributed by atoms with E-state index in [1.807, 2.05) is 18.6 Å². The van der Waals surface area contributed by atoms with Crippen molar-refractivity contribution in [2.75, 3.05) is 6.54 Å². The first-order chi connectivity index (χ1) is 8.85. The molecule has 0 amide bonds. The number of H-pyrrole nitrogens is 1. The molecule has 5 heteroatoms. The molecule has 2 N–H and O–H groups in total. The van der Waals surface area contributed by atoms with E-state index in [2.05, 4.69) is 38.7 Å². The summed E-state index contributed by atoms with van der Waals surface area (Å²) in [5.74, 6) is 2.09. The number of aromatic nitrogens is 4. The zero-order valence-corrected chi connectivity index (χ0v) is 11.1. The van der Waals surface area contributed by atoms with Gasteiger partial charge in [-0.25, -0.2) is 9.97 Å². The number of aromatic amines is 1. The summed E-state index contributed by atoms with van der Waals surface area (Å²) >= 11 is 0. The number of nitrogens with one attached hydrogen (secondary N) is 2. The SMILES string of the molecule is CCCn1ccnc1CC(NCC)c1ncc[nH]1. The van der Waals surface area contributed by atoms with E-state index in [4.69, 9.17) is 0 Å². The lowest BCUT2D eigenvalue weighted by Gasteiger charge is -2.16. The van der Waals surface area contributed by atoms with Crippen LogP contribution in [0.4, 0.5) is 0 Å². The van der Waals surface area contributed by atoms with Gasteiger partial charge in [-0.05, 0) is 13.0 Å². The summed E-state index contributed by atoms with van der Waals surface area (Å²) in [4.78, 5) is 12.0. The van der Waals surface area contributed by atoms with Gasteiger partial charge in [0.15, 0.2) is 0 Å².